The summed E-state index contributed by atoms with van der Waals surface area (Å²) in [6.45, 7) is 18.1. The van der Waals surface area contributed by atoms with E-state index in [9.17, 15) is 30.3 Å². The van der Waals surface area contributed by atoms with E-state index in [1.54, 1.807) is 34.6 Å². The van der Waals surface area contributed by atoms with Crippen molar-refractivity contribution in [1.82, 2.24) is 9.80 Å². The van der Waals surface area contributed by atoms with E-state index >= 15 is 0 Å². The van der Waals surface area contributed by atoms with Gasteiger partial charge in [0, 0.05) is 38.1 Å². The Morgan fingerprint density at radius 1 is 1.06 bits per heavy atom. The molecule has 5 N–H and O–H groups in total. The number of rotatable bonds is 9. The summed E-state index contributed by atoms with van der Waals surface area (Å²) in [7, 11) is 7.14. The van der Waals surface area contributed by atoms with Gasteiger partial charge in [0.05, 0.1) is 47.6 Å². The van der Waals surface area contributed by atoms with Crippen molar-refractivity contribution in [1.29, 1.82) is 0 Å². The lowest BCUT2D eigenvalue weighted by Crippen LogP contribution is -2.61. The molecule has 0 radical (unpaired) electrons. The first-order chi connectivity index (χ1) is 23.9. The summed E-state index contributed by atoms with van der Waals surface area (Å²) in [6, 6.07) is -0.803. The molecular formula is C38H72N2O12. The van der Waals surface area contributed by atoms with Gasteiger partial charge < -0.3 is 58.9 Å². The van der Waals surface area contributed by atoms with Crippen LogP contribution in [0.3, 0.4) is 0 Å². The number of likely N-dealkylation sites (N-methyl/N-ethyl adjacent to an activating group) is 2. The molecule has 0 amide bonds. The molecule has 14 nitrogen and oxygen atoms in total. The van der Waals surface area contributed by atoms with Crippen LogP contribution in [-0.2, 0) is 33.2 Å². The second kappa shape index (κ2) is 17.8. The molecule has 3 aliphatic rings. The molecule has 18 atom stereocenters. The molecule has 0 bridgehead atoms. The zero-order valence-electron chi connectivity index (χ0n) is 34.2. The average molecular weight is 749 g/mol. The second-order valence-corrected chi connectivity index (χ2v) is 17.2. The highest BCUT2D eigenvalue weighted by atomic mass is 16.7. The van der Waals surface area contributed by atoms with E-state index in [-0.39, 0.29) is 37.3 Å². The van der Waals surface area contributed by atoms with Gasteiger partial charge in [-0.15, -0.1) is 0 Å². The smallest absolute Gasteiger partial charge is 0.311 e. The molecular weight excluding hydrogens is 676 g/mol. The summed E-state index contributed by atoms with van der Waals surface area (Å²) in [5.74, 6) is -2.58. The molecule has 0 aromatic carbocycles. The van der Waals surface area contributed by atoms with E-state index in [0.717, 1.165) is 0 Å². The molecule has 4 unspecified atom stereocenters. The van der Waals surface area contributed by atoms with Gasteiger partial charge in [-0.25, -0.2) is 0 Å². The number of hydrogen-bond acceptors (Lipinski definition) is 14. The van der Waals surface area contributed by atoms with Gasteiger partial charge >= 0.3 is 5.97 Å². The van der Waals surface area contributed by atoms with Gasteiger partial charge in [0.25, 0.3) is 0 Å². The van der Waals surface area contributed by atoms with Crippen molar-refractivity contribution in [2.75, 3.05) is 34.8 Å². The molecule has 0 aromatic heterocycles. The fraction of sp³-hybridized carbons (Fsp3) is 0.974. The molecule has 3 heterocycles. The zero-order valence-corrected chi connectivity index (χ0v) is 34.2. The Morgan fingerprint density at radius 2 is 1.67 bits per heavy atom. The topological polar surface area (TPSA) is 180 Å². The standard InChI is InChI=1S/C38H72N2O12/c1-15-27(41)38(10,46)33-24(6)40(13)19-20(2)17-36(8,45)32(52-35-29(42)26(39(11)12)16-21(3)48-35)22(4)30(23(5)34(44)51-33)50-28-18-37(9,47-14)31(43)25(7)49-28/h20-33,35,41-43,45-46H,15-19H2,1-14H3/t20-,21?,22+,23-,24-,25?,26-,27-,28+,29?,30+,31+,32-,33?,35+,36-,37+,38-/m1/s1. The van der Waals surface area contributed by atoms with Crippen molar-refractivity contribution < 1.29 is 58.7 Å². The van der Waals surface area contributed by atoms with Crippen LogP contribution in [0.25, 0.3) is 0 Å². The van der Waals surface area contributed by atoms with Crippen LogP contribution in [0.5, 0.6) is 0 Å². The van der Waals surface area contributed by atoms with Gasteiger partial charge in [0.1, 0.15) is 23.9 Å². The van der Waals surface area contributed by atoms with Crippen LogP contribution >= 0.6 is 0 Å². The van der Waals surface area contributed by atoms with Crippen LogP contribution in [0, 0.1) is 17.8 Å². The normalized spacial score (nSPS) is 46.7. The predicted molar refractivity (Wildman–Crippen MR) is 194 cm³/mol. The lowest BCUT2D eigenvalue weighted by atomic mass is 9.77. The van der Waals surface area contributed by atoms with Crippen molar-refractivity contribution in [3.05, 3.63) is 0 Å². The summed E-state index contributed by atoms with van der Waals surface area (Å²) in [6.07, 6.45) is -8.10. The Morgan fingerprint density at radius 3 is 2.23 bits per heavy atom. The Hall–Kier alpha value is -1.01. The lowest BCUT2D eigenvalue weighted by molar-refractivity contribution is -0.318. The Labute approximate surface area is 312 Å². The number of carbonyl (C=O) groups excluding carboxylic acids is 1. The number of esters is 1. The van der Waals surface area contributed by atoms with E-state index in [2.05, 4.69) is 0 Å². The third-order valence-corrected chi connectivity index (χ3v) is 12.2. The van der Waals surface area contributed by atoms with Crippen molar-refractivity contribution in [2.45, 2.75) is 185 Å². The largest absolute Gasteiger partial charge is 0.457 e. The quantitative estimate of drug-likeness (QED) is 0.216. The maximum absolute atomic E-state index is 14.4. The number of nitrogens with zero attached hydrogens (tertiary/aromatic N) is 2. The number of methoxy groups -OCH3 is 1. The second-order valence-electron chi connectivity index (χ2n) is 17.2. The monoisotopic (exact) mass is 749 g/mol. The summed E-state index contributed by atoms with van der Waals surface area (Å²) in [4.78, 5) is 18.3. The van der Waals surface area contributed by atoms with Crippen LogP contribution in [-0.4, -0.2) is 166 Å². The van der Waals surface area contributed by atoms with Crippen LogP contribution in [0.1, 0.15) is 94.9 Å². The first-order valence-electron chi connectivity index (χ1n) is 19.1. The van der Waals surface area contributed by atoms with Gasteiger partial charge in [-0.3, -0.25) is 9.69 Å². The molecule has 0 aromatic rings. The van der Waals surface area contributed by atoms with Crippen molar-refractivity contribution in [3.8, 4) is 0 Å². The van der Waals surface area contributed by atoms with E-state index in [1.807, 2.05) is 58.6 Å². The van der Waals surface area contributed by atoms with Crippen molar-refractivity contribution >= 4 is 5.97 Å². The molecule has 0 spiro atoms. The molecule has 3 rings (SSSR count). The third kappa shape index (κ3) is 10.0. The van der Waals surface area contributed by atoms with Gasteiger partial charge in [0.2, 0.25) is 0 Å². The number of aliphatic hydroxyl groups excluding tert-OH is 3. The zero-order chi connectivity index (χ0) is 39.7. The van der Waals surface area contributed by atoms with Crippen molar-refractivity contribution in [3.63, 3.8) is 0 Å². The Bertz CT molecular complexity index is 1140. The fourth-order valence-corrected chi connectivity index (χ4v) is 8.73. The fourth-order valence-electron chi connectivity index (χ4n) is 8.73. The number of cyclic esters (lactones) is 1. The van der Waals surface area contributed by atoms with E-state index < -0.39 is 96.0 Å². The van der Waals surface area contributed by atoms with Crippen LogP contribution in [0.15, 0.2) is 0 Å². The average Bonchev–Trinajstić information content (AvgIpc) is 3.06. The maximum Gasteiger partial charge on any atom is 0.311 e. The molecule has 3 aliphatic heterocycles. The highest BCUT2D eigenvalue weighted by molar-refractivity contribution is 5.73. The number of hydrogen-bond donors (Lipinski definition) is 5. The highest BCUT2D eigenvalue weighted by Gasteiger charge is 2.53. The molecule has 306 valence electrons. The SMILES string of the molecule is CC[C@@H](O)[C@@](C)(O)C1OC(=O)[C@H](C)[C@@H](O[C@H]2C[C@](C)(OC)[C@@H](O)C(C)O2)[C@H](C)[C@@H](O[C@@H]2OC(C)C[C@@H](N(C)C)C2O)[C@](C)(O)C[C@@H](C)CN(C)[C@@H]1C. The van der Waals surface area contributed by atoms with E-state index in [0.29, 0.717) is 13.0 Å². The van der Waals surface area contributed by atoms with Crippen molar-refractivity contribution in [2.24, 2.45) is 17.8 Å². The minimum atomic E-state index is -1.80. The summed E-state index contributed by atoms with van der Waals surface area (Å²) < 4.78 is 37.7. The molecule has 14 heteroatoms. The van der Waals surface area contributed by atoms with Gasteiger partial charge in [-0.05, 0) is 94.8 Å². The molecule has 3 fully saturated rings. The highest BCUT2D eigenvalue weighted by Crippen LogP contribution is 2.40. The van der Waals surface area contributed by atoms with Crippen LogP contribution in [0.4, 0.5) is 0 Å². The predicted octanol–water partition coefficient (Wildman–Crippen LogP) is 1.90. The summed E-state index contributed by atoms with van der Waals surface area (Å²) >= 11 is 0. The van der Waals surface area contributed by atoms with Gasteiger partial charge in [-0.1, -0.05) is 20.8 Å². The van der Waals surface area contributed by atoms with Gasteiger partial charge in [0.15, 0.2) is 12.6 Å². The van der Waals surface area contributed by atoms with Crippen LogP contribution < -0.4 is 0 Å². The number of aliphatic hydroxyl groups is 5. The van der Waals surface area contributed by atoms with Crippen LogP contribution in [0.2, 0.25) is 0 Å². The molecule has 0 aliphatic carbocycles. The molecule has 0 saturated carbocycles. The summed E-state index contributed by atoms with van der Waals surface area (Å²) in [5, 5.41) is 57.6. The summed E-state index contributed by atoms with van der Waals surface area (Å²) in [5.41, 5.74) is -4.35. The minimum Gasteiger partial charge on any atom is -0.457 e. The Kier molecular flexibility index (Phi) is 15.6. The first-order valence-corrected chi connectivity index (χ1v) is 19.1. The Balaban J connectivity index is 2.17. The minimum absolute atomic E-state index is 0.132. The van der Waals surface area contributed by atoms with Gasteiger partial charge in [-0.2, -0.15) is 0 Å². The molecule has 3 saturated heterocycles. The first kappa shape index (κ1) is 45.4. The molecule has 52 heavy (non-hydrogen) atoms. The number of ether oxygens (including phenoxy) is 6. The lowest BCUT2D eigenvalue weighted by Gasteiger charge is -2.48. The van der Waals surface area contributed by atoms with E-state index in [4.69, 9.17) is 28.4 Å². The number of carbonyl (C=O) groups is 1. The third-order valence-electron chi connectivity index (χ3n) is 12.2. The maximum atomic E-state index is 14.4. The van der Waals surface area contributed by atoms with E-state index in [1.165, 1.54) is 14.0 Å².